The summed E-state index contributed by atoms with van der Waals surface area (Å²) in [6, 6.07) is 6.26. The van der Waals surface area contributed by atoms with Gasteiger partial charge >= 0.3 is 0 Å². The van der Waals surface area contributed by atoms with Gasteiger partial charge in [-0.1, -0.05) is 31.5 Å². The Balaban J connectivity index is 2.03. The summed E-state index contributed by atoms with van der Waals surface area (Å²) in [5, 5.41) is 0.395. The van der Waals surface area contributed by atoms with E-state index < -0.39 is 10.0 Å². The van der Waals surface area contributed by atoms with Crippen molar-refractivity contribution >= 4 is 27.5 Å². The van der Waals surface area contributed by atoms with E-state index in [1.807, 2.05) is 13.8 Å². The SMILES string of the molecule is CC(C)CC(=O)N1CCN(S(=O)(=O)c2cccc(Cl)c2)CC1. The summed E-state index contributed by atoms with van der Waals surface area (Å²) in [7, 11) is -3.55. The van der Waals surface area contributed by atoms with E-state index in [-0.39, 0.29) is 10.8 Å². The van der Waals surface area contributed by atoms with Gasteiger partial charge in [-0.05, 0) is 24.1 Å². The number of rotatable bonds is 4. The number of hydrogen-bond acceptors (Lipinski definition) is 3. The van der Waals surface area contributed by atoms with E-state index in [0.717, 1.165) is 0 Å². The van der Waals surface area contributed by atoms with Gasteiger partial charge in [0.05, 0.1) is 4.90 Å². The number of sulfonamides is 1. The number of carbonyl (C=O) groups is 1. The normalized spacial score (nSPS) is 17.0. The van der Waals surface area contributed by atoms with Crippen LogP contribution in [0.2, 0.25) is 5.02 Å². The lowest BCUT2D eigenvalue weighted by Gasteiger charge is -2.34. The molecule has 0 N–H and O–H groups in total. The number of halogens is 1. The second-order valence-electron chi connectivity index (χ2n) is 5.84. The fraction of sp³-hybridized carbons (Fsp3) is 0.533. The van der Waals surface area contributed by atoms with Crippen molar-refractivity contribution in [3.63, 3.8) is 0 Å². The molecule has 122 valence electrons. The molecule has 0 atom stereocenters. The maximum Gasteiger partial charge on any atom is 0.243 e. The molecule has 1 aromatic carbocycles. The van der Waals surface area contributed by atoms with Gasteiger partial charge in [0.1, 0.15) is 0 Å². The van der Waals surface area contributed by atoms with E-state index >= 15 is 0 Å². The lowest BCUT2D eigenvalue weighted by Crippen LogP contribution is -2.50. The summed E-state index contributed by atoms with van der Waals surface area (Å²) in [6.45, 7) is 5.50. The Morgan fingerprint density at radius 2 is 1.86 bits per heavy atom. The molecule has 1 heterocycles. The first-order valence-corrected chi connectivity index (χ1v) is 9.16. The van der Waals surface area contributed by atoms with Crippen LogP contribution in [0.1, 0.15) is 20.3 Å². The maximum absolute atomic E-state index is 12.6. The Morgan fingerprint density at radius 1 is 1.23 bits per heavy atom. The third-order valence-corrected chi connectivity index (χ3v) is 5.74. The van der Waals surface area contributed by atoms with Crippen molar-refractivity contribution in [3.05, 3.63) is 29.3 Å². The van der Waals surface area contributed by atoms with Gasteiger partial charge in [-0.25, -0.2) is 8.42 Å². The molecule has 0 aromatic heterocycles. The average molecular weight is 345 g/mol. The van der Waals surface area contributed by atoms with Crippen molar-refractivity contribution in [2.45, 2.75) is 25.2 Å². The molecular weight excluding hydrogens is 324 g/mol. The minimum absolute atomic E-state index is 0.0924. The molecule has 5 nitrogen and oxygen atoms in total. The molecule has 1 saturated heterocycles. The molecule has 0 radical (unpaired) electrons. The fourth-order valence-corrected chi connectivity index (χ4v) is 4.16. The van der Waals surface area contributed by atoms with Crippen molar-refractivity contribution in [2.75, 3.05) is 26.2 Å². The first-order chi connectivity index (χ1) is 10.3. The van der Waals surface area contributed by atoms with Gasteiger partial charge in [-0.2, -0.15) is 4.31 Å². The Bertz CT molecular complexity index is 638. The van der Waals surface area contributed by atoms with Crippen molar-refractivity contribution in [1.82, 2.24) is 9.21 Å². The molecule has 0 saturated carbocycles. The van der Waals surface area contributed by atoms with Crippen LogP contribution in [0.4, 0.5) is 0 Å². The first-order valence-electron chi connectivity index (χ1n) is 7.34. The summed E-state index contributed by atoms with van der Waals surface area (Å²) in [4.78, 5) is 14.0. The standard InChI is InChI=1S/C15H21ClN2O3S/c1-12(2)10-15(19)17-6-8-18(9-7-17)22(20,21)14-5-3-4-13(16)11-14/h3-5,11-12H,6-10H2,1-2H3. The molecule has 2 rings (SSSR count). The number of nitrogens with zero attached hydrogens (tertiary/aromatic N) is 2. The van der Waals surface area contributed by atoms with Crippen LogP contribution >= 0.6 is 11.6 Å². The van der Waals surface area contributed by atoms with Crippen molar-refractivity contribution in [3.8, 4) is 0 Å². The van der Waals surface area contributed by atoms with Crippen molar-refractivity contribution in [2.24, 2.45) is 5.92 Å². The zero-order valence-electron chi connectivity index (χ0n) is 12.8. The summed E-state index contributed by atoms with van der Waals surface area (Å²) >= 11 is 5.87. The van der Waals surface area contributed by atoms with Gasteiger partial charge in [0.25, 0.3) is 0 Å². The van der Waals surface area contributed by atoms with Crippen LogP contribution in [0.5, 0.6) is 0 Å². The number of piperazine rings is 1. The zero-order valence-corrected chi connectivity index (χ0v) is 14.4. The minimum Gasteiger partial charge on any atom is -0.340 e. The highest BCUT2D eigenvalue weighted by Crippen LogP contribution is 2.21. The number of hydrogen-bond donors (Lipinski definition) is 0. The Kier molecular flexibility index (Phi) is 5.47. The lowest BCUT2D eigenvalue weighted by atomic mass is 10.1. The van der Waals surface area contributed by atoms with Crippen molar-refractivity contribution in [1.29, 1.82) is 0 Å². The quantitative estimate of drug-likeness (QED) is 0.841. The van der Waals surface area contributed by atoms with E-state index in [9.17, 15) is 13.2 Å². The molecule has 0 bridgehead atoms. The smallest absolute Gasteiger partial charge is 0.243 e. The van der Waals surface area contributed by atoms with Gasteiger partial charge in [-0.15, -0.1) is 0 Å². The highest BCUT2D eigenvalue weighted by Gasteiger charge is 2.30. The van der Waals surface area contributed by atoms with E-state index in [1.54, 1.807) is 17.0 Å². The molecule has 1 aromatic rings. The maximum atomic E-state index is 12.6. The zero-order chi connectivity index (χ0) is 16.3. The Morgan fingerprint density at radius 3 is 2.41 bits per heavy atom. The van der Waals surface area contributed by atoms with Gasteiger partial charge < -0.3 is 4.90 Å². The Labute approximate surface area is 136 Å². The van der Waals surface area contributed by atoms with Crippen LogP contribution in [-0.2, 0) is 14.8 Å². The van der Waals surface area contributed by atoms with E-state index in [4.69, 9.17) is 11.6 Å². The first kappa shape index (κ1) is 17.2. The summed E-state index contributed by atoms with van der Waals surface area (Å²) < 4.78 is 26.5. The van der Waals surface area contributed by atoms with Crippen LogP contribution in [0.15, 0.2) is 29.2 Å². The molecule has 0 aliphatic carbocycles. The Hall–Kier alpha value is -1.11. The number of benzene rings is 1. The number of amides is 1. The predicted molar refractivity (Wildman–Crippen MR) is 86.2 cm³/mol. The molecule has 1 aliphatic rings. The summed E-state index contributed by atoms with van der Waals surface area (Å²) in [5.41, 5.74) is 0. The van der Waals surface area contributed by atoms with Crippen LogP contribution in [-0.4, -0.2) is 49.7 Å². The molecule has 22 heavy (non-hydrogen) atoms. The minimum atomic E-state index is -3.55. The third-order valence-electron chi connectivity index (χ3n) is 3.61. The van der Waals surface area contributed by atoms with Crippen molar-refractivity contribution < 1.29 is 13.2 Å². The predicted octanol–water partition coefficient (Wildman–Crippen LogP) is 2.22. The van der Waals surface area contributed by atoms with E-state index in [0.29, 0.717) is 43.5 Å². The average Bonchev–Trinajstić information content (AvgIpc) is 2.46. The molecular formula is C15H21ClN2O3S. The monoisotopic (exact) mass is 344 g/mol. The second kappa shape index (κ2) is 6.98. The van der Waals surface area contributed by atoms with Crippen LogP contribution < -0.4 is 0 Å². The molecule has 1 amide bonds. The van der Waals surface area contributed by atoms with Crippen LogP contribution in [0.25, 0.3) is 0 Å². The largest absolute Gasteiger partial charge is 0.340 e. The van der Waals surface area contributed by atoms with Crippen LogP contribution in [0, 0.1) is 5.92 Å². The highest BCUT2D eigenvalue weighted by atomic mass is 35.5. The molecule has 0 spiro atoms. The molecule has 1 fully saturated rings. The summed E-state index contributed by atoms with van der Waals surface area (Å²) in [5.74, 6) is 0.399. The van der Waals surface area contributed by atoms with Gasteiger partial charge in [0.15, 0.2) is 0 Å². The van der Waals surface area contributed by atoms with E-state index in [1.165, 1.54) is 16.4 Å². The number of carbonyl (C=O) groups excluding carboxylic acids is 1. The fourth-order valence-electron chi connectivity index (χ4n) is 2.43. The molecule has 0 unspecified atom stereocenters. The van der Waals surface area contributed by atoms with Gasteiger partial charge in [0, 0.05) is 37.6 Å². The third kappa shape index (κ3) is 4.00. The summed E-state index contributed by atoms with van der Waals surface area (Å²) in [6.07, 6.45) is 0.501. The van der Waals surface area contributed by atoms with Crippen LogP contribution in [0.3, 0.4) is 0 Å². The topological polar surface area (TPSA) is 57.7 Å². The highest BCUT2D eigenvalue weighted by molar-refractivity contribution is 7.89. The van der Waals surface area contributed by atoms with Gasteiger partial charge in [0.2, 0.25) is 15.9 Å². The molecule has 1 aliphatic heterocycles. The lowest BCUT2D eigenvalue weighted by molar-refractivity contribution is -0.133. The van der Waals surface area contributed by atoms with Gasteiger partial charge in [-0.3, -0.25) is 4.79 Å². The molecule has 7 heteroatoms. The van der Waals surface area contributed by atoms with E-state index in [2.05, 4.69) is 0 Å². The second-order valence-corrected chi connectivity index (χ2v) is 8.21.